The van der Waals surface area contributed by atoms with Crippen molar-refractivity contribution in [2.24, 2.45) is 52.7 Å². The lowest BCUT2D eigenvalue weighted by Gasteiger charge is -2.32. The van der Waals surface area contributed by atoms with Crippen molar-refractivity contribution in [3.05, 3.63) is 175 Å². The van der Waals surface area contributed by atoms with Gasteiger partial charge in [0, 0.05) is 173 Å². The molecule has 36 heteroatoms. The lowest BCUT2D eigenvalue weighted by Crippen LogP contribution is -2.43. The molecule has 6 bridgehead atoms. The summed E-state index contributed by atoms with van der Waals surface area (Å²) in [5, 5.41) is 17.5. The second kappa shape index (κ2) is 57.7. The average molecular weight is 1930 g/mol. The van der Waals surface area contributed by atoms with Crippen LogP contribution >= 0.6 is 0 Å². The number of primary amides is 3. The molecule has 0 aromatic heterocycles. The van der Waals surface area contributed by atoms with Crippen LogP contribution in [0.3, 0.4) is 0 Å². The number of hydrogen-bond donors (Lipinski definition) is 9. The molecule has 3 unspecified atom stereocenters. The molecule has 764 valence electrons. The first kappa shape index (κ1) is 116. The third-order valence-electron chi connectivity index (χ3n) is 25.6. The maximum absolute atomic E-state index is 13.9. The van der Waals surface area contributed by atoms with Gasteiger partial charge in [-0.05, 0) is 174 Å². The lowest BCUT2D eigenvalue weighted by molar-refractivity contribution is -0.120. The number of amides is 6. The zero-order valence-electron chi connectivity index (χ0n) is 84.9. The molecule has 2 saturated heterocycles. The monoisotopic (exact) mass is 1930 g/mol. The largest absolute Gasteiger partial charge is 0.439 e. The van der Waals surface area contributed by atoms with Crippen LogP contribution in [0.1, 0.15) is 141 Å². The average Bonchev–Trinajstić information content (AvgIpc) is 1.06. The Balaban J connectivity index is 0.000000318. The van der Waals surface area contributed by atoms with Gasteiger partial charge in [-0.3, -0.25) is 43.2 Å². The van der Waals surface area contributed by atoms with Gasteiger partial charge in [0.15, 0.2) is 18.3 Å². The molecule has 12 N–H and O–H groups in total. The molecule has 8 aliphatic rings. The van der Waals surface area contributed by atoms with Crippen LogP contribution in [0.15, 0.2) is 175 Å². The van der Waals surface area contributed by atoms with Crippen LogP contribution < -0.4 is 49.1 Å². The fourth-order valence-corrected chi connectivity index (χ4v) is 18.1. The van der Waals surface area contributed by atoms with Crippen LogP contribution in [0.5, 0.6) is 0 Å². The van der Waals surface area contributed by atoms with Crippen LogP contribution in [-0.2, 0) is 100.0 Å². The number of Topliss-reactive ketones (excluding diaryl/α,β-unsaturated/α-hetero) is 3. The van der Waals surface area contributed by atoms with E-state index in [2.05, 4.69) is 41.7 Å². The van der Waals surface area contributed by atoms with Crippen molar-refractivity contribution >= 4 is 70.7 Å². The quantitative estimate of drug-likeness (QED) is 0.0249. The normalized spacial score (nSPS) is 31.4. The van der Waals surface area contributed by atoms with E-state index in [9.17, 15) is 57.5 Å². The topological polar surface area (TPSA) is 476 Å². The van der Waals surface area contributed by atoms with Crippen LogP contribution in [0.4, 0.5) is 14.4 Å². The minimum Gasteiger partial charge on any atom is -0.439 e. The summed E-state index contributed by atoms with van der Waals surface area (Å²) >= 11 is 0. The van der Waals surface area contributed by atoms with Crippen molar-refractivity contribution in [2.45, 2.75) is 214 Å². The highest BCUT2D eigenvalue weighted by Crippen LogP contribution is 2.36. The maximum atomic E-state index is 13.9. The minimum absolute atomic E-state index is 0.0712. The number of carbonyl (C=O) groups is 12. The number of rotatable bonds is 24. The number of nitrogens with one attached hydrogen (secondary N) is 6. The summed E-state index contributed by atoms with van der Waals surface area (Å²) in [5.74, 6) is -4.86. The van der Waals surface area contributed by atoms with E-state index in [0.717, 1.165) is 58.5 Å². The molecule has 18 atom stereocenters. The molecule has 0 aromatic rings. The molecule has 2 fully saturated rings. The summed E-state index contributed by atoms with van der Waals surface area (Å²) in [6, 6.07) is 0. The van der Waals surface area contributed by atoms with Crippen molar-refractivity contribution in [2.75, 3.05) is 144 Å². The van der Waals surface area contributed by atoms with E-state index < -0.39 is 108 Å². The van der Waals surface area contributed by atoms with Crippen molar-refractivity contribution in [1.29, 1.82) is 0 Å². The summed E-state index contributed by atoms with van der Waals surface area (Å²) in [6.45, 7) is 29.8. The SMILES string of the molecule is COC1/C=C\C=C(/C)C(=O)NC2=CC(=O)C(NCCN(C)C)=C(C[C@@H](C)C[C@H](OC)[C@H](OC)[C@@H](C)/C=C(\C)[C@@H]1OC(N)=O)C2=O.COC1/C=C\C=C(/C)C(=O)NC2=CC(=O)C(NCCN3CCC3)=C(C[C@@H](C)C[C@H](OC)[C@H](OC)[C@@H](C)/C=C(\C)[C@@H]1OC(N)=O)C2=O.COC1/C=C\C=C(/C)C(=O)NC2=CC(=O)C(NCCN3CCCC3)=C(C[C@@H](C)C[C@H](OC)[C@H](OC)[C@@H](C)/C=C(\C)[C@@H]1OC(N)=O)C2=O. The molecule has 0 radical (unpaired) electrons. The van der Waals surface area contributed by atoms with E-state index in [1.807, 2.05) is 99.5 Å². The summed E-state index contributed by atoms with van der Waals surface area (Å²) in [5.41, 5.74) is 20.7. The highest BCUT2D eigenvalue weighted by molar-refractivity contribution is 6.25. The van der Waals surface area contributed by atoms with Crippen molar-refractivity contribution < 1.29 is 114 Å². The molecular formula is C102H152N12O24. The van der Waals surface area contributed by atoms with Crippen molar-refractivity contribution in [3.8, 4) is 0 Å². The first-order chi connectivity index (χ1) is 65.5. The van der Waals surface area contributed by atoms with E-state index in [4.69, 9.17) is 74.0 Å². The van der Waals surface area contributed by atoms with Gasteiger partial charge in [-0.2, -0.15) is 0 Å². The number of nitrogens with two attached hydrogens (primary N) is 3. The third-order valence-corrected chi connectivity index (χ3v) is 25.6. The Morgan fingerprint density at radius 1 is 0.391 bits per heavy atom. The second-order valence-electron chi connectivity index (χ2n) is 36.7. The number of allylic oxidation sites excluding steroid dienone is 12. The number of carbonyl (C=O) groups excluding carboxylic acids is 12. The van der Waals surface area contributed by atoms with Crippen LogP contribution in [0, 0.1) is 35.5 Å². The number of fused-ring (bicyclic) bond motifs is 6. The van der Waals surface area contributed by atoms with Gasteiger partial charge < -0.3 is 121 Å². The fraction of sp³-hybridized carbons (Fsp3) is 0.588. The van der Waals surface area contributed by atoms with E-state index >= 15 is 0 Å². The van der Waals surface area contributed by atoms with Gasteiger partial charge >= 0.3 is 18.3 Å². The number of likely N-dealkylation sites (tertiary alicyclic amines) is 2. The molecule has 5 heterocycles. The van der Waals surface area contributed by atoms with Crippen molar-refractivity contribution in [1.82, 2.24) is 46.6 Å². The molecule has 138 heavy (non-hydrogen) atoms. The molecule has 36 nitrogen and oxygen atoms in total. The standard InChI is InChI=1S/C35H52N4O8.C34H50N4O8.C33H50N4O8/c1-21-17-25-30(37-13-16-39-14-8-9-15-39)27(40)20-26(31(25)41)38-34(42)22(2)11-10-12-28(44-5)33(47-35(36)43)24(4)19-23(3)32(46-7)29(18-21)45-6;1-20-16-24-29(36-12-15-38-13-9-14-38)26(39)19-25(30(24)40)37-33(41)21(2)10-8-11-27(43-5)32(46-34(35)42)23(4)18-22(3)31(45-7)28(17-20)44-6;1-19-15-23-28(35-13-14-37(5)6)25(38)18-24(29(23)39)36-32(40)20(2)11-10-12-26(42-7)31(45-33(34)41)22(4)17-21(3)30(44-9)27(16-19)43-8/h10-12,19-21,23,28-29,32-33,37H,8-9,13-18H2,1-7H3,(H2,36,43)(H,38,42);8,10-11,18-20,22,27-28,31-32,36H,9,12-17H2,1-7H3,(H2,35,42)(H,37,41);10-12,17-19,21,26-27,30-31,35H,13-16H2,1-9H3,(H2,34,41)(H,36,40)/b12-10-,22-11+,24-19+;11-8-,21-10+,23-18+;12-10-,20-11+,22-17+/t21-,23+,28?,29+,32-,33+;20-,22+,27?,28+,31-,32+;19-,21+,26?,27+,30-,31+/m111/s1. The predicted octanol–water partition coefficient (Wildman–Crippen LogP) is 8.38. The summed E-state index contributed by atoms with van der Waals surface area (Å²) in [6.07, 6.45) is 19.5. The van der Waals surface area contributed by atoms with Gasteiger partial charge in [0.05, 0.1) is 70.8 Å². The van der Waals surface area contributed by atoms with E-state index in [1.54, 1.807) is 112 Å². The maximum Gasteiger partial charge on any atom is 0.405 e. The van der Waals surface area contributed by atoms with E-state index in [1.165, 1.54) is 45.6 Å². The number of ether oxygens (including phenoxy) is 12. The number of likely N-dealkylation sites (N-methyl/N-ethyl adjacent to an activating group) is 1. The Morgan fingerprint density at radius 2 is 0.659 bits per heavy atom. The highest BCUT2D eigenvalue weighted by Gasteiger charge is 2.41. The number of ketones is 6. The van der Waals surface area contributed by atoms with Crippen molar-refractivity contribution in [3.63, 3.8) is 0 Å². The number of hydrogen-bond acceptors (Lipinski definition) is 30. The Kier molecular flexibility index (Phi) is 48.5. The van der Waals surface area contributed by atoms with Gasteiger partial charge in [0.1, 0.15) is 18.3 Å². The number of nitrogens with zero attached hydrogens (tertiary/aromatic N) is 3. The Morgan fingerprint density at radius 3 is 0.891 bits per heavy atom. The second-order valence-corrected chi connectivity index (χ2v) is 36.7. The van der Waals surface area contributed by atoms with Gasteiger partial charge in [0.25, 0.3) is 17.7 Å². The lowest BCUT2D eigenvalue weighted by atomic mass is 9.85. The molecule has 3 aliphatic carbocycles. The van der Waals surface area contributed by atoms with E-state index in [-0.39, 0.29) is 141 Å². The molecule has 5 aliphatic heterocycles. The fourth-order valence-electron chi connectivity index (χ4n) is 18.1. The van der Waals surface area contributed by atoms with E-state index in [0.29, 0.717) is 78.9 Å². The Bertz CT molecular complexity index is 4780. The Labute approximate surface area is 813 Å². The van der Waals surface area contributed by atoms with Gasteiger partial charge in [-0.15, -0.1) is 0 Å². The van der Waals surface area contributed by atoms with Gasteiger partial charge in [-0.25, -0.2) is 14.4 Å². The third kappa shape index (κ3) is 34.6. The minimum atomic E-state index is -0.962. The van der Waals surface area contributed by atoms with Crippen LogP contribution in [0.2, 0.25) is 0 Å². The molecule has 0 spiro atoms. The molecule has 0 saturated carbocycles. The summed E-state index contributed by atoms with van der Waals surface area (Å²) in [7, 11) is 17.9. The Hall–Kier alpha value is -10.7. The first-order valence-electron chi connectivity index (χ1n) is 47.1. The zero-order chi connectivity index (χ0) is 102. The highest BCUT2D eigenvalue weighted by atomic mass is 16.6. The molecular weight excluding hydrogens is 1780 g/mol. The smallest absolute Gasteiger partial charge is 0.405 e. The number of methoxy groups -OCH3 is 9. The summed E-state index contributed by atoms with van der Waals surface area (Å²) < 4.78 is 68.8. The predicted molar refractivity (Wildman–Crippen MR) is 522 cm³/mol. The first-order valence-corrected chi connectivity index (χ1v) is 47.1. The van der Waals surface area contributed by atoms with Crippen LogP contribution in [-0.4, -0.2) is 302 Å². The van der Waals surface area contributed by atoms with Gasteiger partial charge in [-0.1, -0.05) is 114 Å². The molecule has 6 amide bonds. The molecule has 0 aromatic carbocycles. The van der Waals surface area contributed by atoms with Crippen LogP contribution in [0.25, 0.3) is 0 Å². The summed E-state index contributed by atoms with van der Waals surface area (Å²) in [4.78, 5) is 163. The molecule has 8 rings (SSSR count). The van der Waals surface area contributed by atoms with Gasteiger partial charge in [0.2, 0.25) is 34.7 Å². The zero-order valence-corrected chi connectivity index (χ0v) is 84.9.